The Balaban J connectivity index is 1.35. The van der Waals surface area contributed by atoms with Crippen LogP contribution in [0, 0.1) is 19.8 Å². The molecule has 1 atom stereocenters. The van der Waals surface area contributed by atoms with Gasteiger partial charge < -0.3 is 9.64 Å². The molecule has 1 fully saturated rings. The first kappa shape index (κ1) is 17.9. The van der Waals surface area contributed by atoms with E-state index in [2.05, 4.69) is 41.3 Å². The second-order valence-electron chi connectivity index (χ2n) is 7.25. The number of nitrogens with zero attached hydrogens (tertiary/aromatic N) is 1. The van der Waals surface area contributed by atoms with Crippen molar-refractivity contribution >= 4 is 17.2 Å². The van der Waals surface area contributed by atoms with Gasteiger partial charge in [0.1, 0.15) is 5.75 Å². The van der Waals surface area contributed by atoms with Crippen molar-refractivity contribution in [1.82, 2.24) is 4.37 Å². The topological polar surface area (TPSA) is 45.3 Å². The number of hydrogen-bond donors (Lipinski definition) is 1. The largest absolute Gasteiger partial charge is 0.493 e. The lowest BCUT2D eigenvalue weighted by atomic mass is 10.1. The van der Waals surface area contributed by atoms with E-state index in [0.29, 0.717) is 5.92 Å². The standard InChI is InChI=1S/C22H24N2O2S/c1-15-4-3-5-16(2)22(15)24-11-10-17(13-24)14-26-19-8-6-18(7-9-19)20-12-21(25)23-27-20/h3-9,12,17H,10-11,13-14H2,1-2H3,(H,23,25). The Hall–Kier alpha value is -2.53. The van der Waals surface area contributed by atoms with Gasteiger partial charge in [-0.3, -0.25) is 9.17 Å². The summed E-state index contributed by atoms with van der Waals surface area (Å²) >= 11 is 1.36. The van der Waals surface area contributed by atoms with Crippen molar-refractivity contribution in [1.29, 1.82) is 0 Å². The predicted molar refractivity (Wildman–Crippen MR) is 112 cm³/mol. The van der Waals surface area contributed by atoms with E-state index in [4.69, 9.17) is 4.74 Å². The molecule has 0 saturated carbocycles. The molecule has 1 aliphatic rings. The maximum atomic E-state index is 11.3. The smallest absolute Gasteiger partial charge is 0.258 e. The van der Waals surface area contributed by atoms with Crippen LogP contribution >= 0.6 is 11.5 Å². The van der Waals surface area contributed by atoms with Crippen molar-refractivity contribution < 1.29 is 4.74 Å². The minimum absolute atomic E-state index is 0.0509. The molecule has 1 unspecified atom stereocenters. The summed E-state index contributed by atoms with van der Waals surface area (Å²) in [5.41, 5.74) is 5.06. The molecule has 27 heavy (non-hydrogen) atoms. The van der Waals surface area contributed by atoms with Crippen LogP contribution in [0.4, 0.5) is 5.69 Å². The van der Waals surface area contributed by atoms with Gasteiger partial charge in [0.25, 0.3) is 5.56 Å². The first-order valence-electron chi connectivity index (χ1n) is 9.33. The quantitative estimate of drug-likeness (QED) is 0.702. The van der Waals surface area contributed by atoms with Crippen molar-refractivity contribution in [2.75, 3.05) is 24.6 Å². The number of nitrogens with one attached hydrogen (secondary N) is 1. The third-order valence-corrected chi connectivity index (χ3v) is 6.07. The Labute approximate surface area is 163 Å². The summed E-state index contributed by atoms with van der Waals surface area (Å²) in [7, 11) is 0. The normalized spacial score (nSPS) is 16.7. The number of aryl methyl sites for hydroxylation is 2. The van der Waals surface area contributed by atoms with Crippen LogP contribution in [0.15, 0.2) is 53.3 Å². The molecule has 4 nitrogen and oxygen atoms in total. The maximum Gasteiger partial charge on any atom is 0.258 e. The molecule has 4 rings (SSSR count). The number of aromatic amines is 1. The molecule has 1 saturated heterocycles. The van der Waals surface area contributed by atoms with Crippen LogP contribution < -0.4 is 15.2 Å². The third-order valence-electron chi connectivity index (χ3n) is 5.19. The van der Waals surface area contributed by atoms with Crippen molar-refractivity contribution in [3.05, 3.63) is 70.0 Å². The maximum absolute atomic E-state index is 11.3. The SMILES string of the molecule is Cc1cccc(C)c1N1CCC(COc2ccc(-c3cc(=O)[nH]s3)cc2)C1. The molecule has 0 amide bonds. The van der Waals surface area contributed by atoms with E-state index >= 15 is 0 Å². The van der Waals surface area contributed by atoms with Gasteiger partial charge in [0.05, 0.1) is 11.5 Å². The molecule has 3 aromatic rings. The van der Waals surface area contributed by atoms with Gasteiger partial charge in [-0.1, -0.05) is 29.7 Å². The van der Waals surface area contributed by atoms with Crippen LogP contribution in [0.1, 0.15) is 17.5 Å². The minimum Gasteiger partial charge on any atom is -0.493 e. The van der Waals surface area contributed by atoms with Crippen LogP contribution in [0.5, 0.6) is 5.75 Å². The highest BCUT2D eigenvalue weighted by molar-refractivity contribution is 7.09. The molecule has 0 bridgehead atoms. The molecule has 140 valence electrons. The van der Waals surface area contributed by atoms with Crippen LogP contribution in [-0.4, -0.2) is 24.1 Å². The molecular weight excluding hydrogens is 356 g/mol. The lowest BCUT2D eigenvalue weighted by Crippen LogP contribution is -2.23. The van der Waals surface area contributed by atoms with E-state index < -0.39 is 0 Å². The molecule has 5 heteroatoms. The number of benzene rings is 2. The van der Waals surface area contributed by atoms with Crippen LogP contribution in [0.25, 0.3) is 10.4 Å². The van der Waals surface area contributed by atoms with Gasteiger partial charge in [0.2, 0.25) is 0 Å². The molecule has 0 aliphatic carbocycles. The van der Waals surface area contributed by atoms with Crippen LogP contribution in [0.2, 0.25) is 0 Å². The highest BCUT2D eigenvalue weighted by Gasteiger charge is 2.25. The molecule has 0 spiro atoms. The number of rotatable bonds is 5. The number of H-pyrrole nitrogens is 1. The van der Waals surface area contributed by atoms with E-state index in [9.17, 15) is 4.79 Å². The number of hydrogen-bond acceptors (Lipinski definition) is 4. The molecule has 1 aromatic heterocycles. The van der Waals surface area contributed by atoms with Gasteiger partial charge >= 0.3 is 0 Å². The van der Waals surface area contributed by atoms with Gasteiger partial charge in [-0.25, -0.2) is 0 Å². The monoisotopic (exact) mass is 380 g/mol. The highest BCUT2D eigenvalue weighted by atomic mass is 32.1. The van der Waals surface area contributed by atoms with E-state index in [0.717, 1.165) is 42.3 Å². The van der Waals surface area contributed by atoms with Crippen LogP contribution in [0.3, 0.4) is 0 Å². The molecule has 0 radical (unpaired) electrons. The fourth-order valence-corrected chi connectivity index (χ4v) is 4.52. The van der Waals surface area contributed by atoms with Crippen molar-refractivity contribution in [2.24, 2.45) is 5.92 Å². The Morgan fingerprint density at radius 1 is 1.15 bits per heavy atom. The summed E-state index contributed by atoms with van der Waals surface area (Å²) in [4.78, 5) is 14.7. The Kier molecular flexibility index (Phi) is 5.03. The van der Waals surface area contributed by atoms with Gasteiger partial charge in [0.15, 0.2) is 0 Å². The Bertz CT molecular complexity index is 954. The summed E-state index contributed by atoms with van der Waals surface area (Å²) in [5, 5.41) is 0. The van der Waals surface area contributed by atoms with E-state index in [1.165, 1.54) is 28.3 Å². The van der Waals surface area contributed by atoms with E-state index in [-0.39, 0.29) is 5.56 Å². The van der Waals surface area contributed by atoms with Gasteiger partial charge in [-0.05, 0) is 61.2 Å². The van der Waals surface area contributed by atoms with Crippen molar-refractivity contribution in [3.63, 3.8) is 0 Å². The molecule has 1 aliphatic heterocycles. The fraction of sp³-hybridized carbons (Fsp3) is 0.318. The zero-order valence-electron chi connectivity index (χ0n) is 15.7. The molecular formula is C22H24N2O2S. The summed E-state index contributed by atoms with van der Waals surface area (Å²) < 4.78 is 8.76. The lowest BCUT2D eigenvalue weighted by Gasteiger charge is -2.23. The third kappa shape index (κ3) is 3.93. The van der Waals surface area contributed by atoms with Gasteiger partial charge in [-0.2, -0.15) is 0 Å². The number of aromatic nitrogens is 1. The minimum atomic E-state index is -0.0509. The Morgan fingerprint density at radius 3 is 2.56 bits per heavy atom. The lowest BCUT2D eigenvalue weighted by molar-refractivity contribution is 0.261. The molecule has 1 N–H and O–H groups in total. The summed E-state index contributed by atoms with van der Waals surface area (Å²) in [6, 6.07) is 16.1. The summed E-state index contributed by atoms with van der Waals surface area (Å²) in [6.45, 7) is 7.24. The average Bonchev–Trinajstić information content (AvgIpc) is 3.30. The second kappa shape index (κ2) is 7.61. The van der Waals surface area contributed by atoms with Gasteiger partial charge in [-0.15, -0.1) is 0 Å². The molecule has 2 heterocycles. The predicted octanol–water partition coefficient (Wildman–Crippen LogP) is 4.63. The van der Waals surface area contributed by atoms with Crippen molar-refractivity contribution in [3.8, 4) is 16.2 Å². The highest BCUT2D eigenvalue weighted by Crippen LogP contribution is 2.30. The Morgan fingerprint density at radius 2 is 1.89 bits per heavy atom. The first-order valence-corrected chi connectivity index (χ1v) is 10.1. The summed E-state index contributed by atoms with van der Waals surface area (Å²) in [5.74, 6) is 1.42. The zero-order chi connectivity index (χ0) is 18.8. The number of ether oxygens (including phenoxy) is 1. The average molecular weight is 381 g/mol. The second-order valence-corrected chi connectivity index (χ2v) is 8.10. The van der Waals surface area contributed by atoms with E-state index in [1.54, 1.807) is 6.07 Å². The fourth-order valence-electron chi connectivity index (χ4n) is 3.83. The van der Waals surface area contributed by atoms with E-state index in [1.807, 2.05) is 24.3 Å². The first-order chi connectivity index (χ1) is 13.1. The number of anilines is 1. The van der Waals surface area contributed by atoms with Gasteiger partial charge in [0, 0.05) is 30.8 Å². The van der Waals surface area contributed by atoms with Crippen LogP contribution in [-0.2, 0) is 0 Å². The molecule has 2 aromatic carbocycles. The number of para-hydroxylation sites is 1. The zero-order valence-corrected chi connectivity index (χ0v) is 16.5. The summed E-state index contributed by atoms with van der Waals surface area (Å²) in [6.07, 6.45) is 1.16. The van der Waals surface area contributed by atoms with Crippen molar-refractivity contribution in [2.45, 2.75) is 20.3 Å².